The summed E-state index contributed by atoms with van der Waals surface area (Å²) in [7, 11) is 0. The maximum absolute atomic E-state index is 11.1. The van der Waals surface area contributed by atoms with Gasteiger partial charge in [0.25, 0.3) is 5.91 Å². The number of nitrogens with zero attached hydrogens (tertiary/aromatic N) is 2. The molecule has 0 radical (unpaired) electrons. The molecule has 5 nitrogen and oxygen atoms in total. The van der Waals surface area contributed by atoms with Crippen molar-refractivity contribution in [1.29, 1.82) is 0 Å². The van der Waals surface area contributed by atoms with Gasteiger partial charge in [-0.2, -0.15) is 15.4 Å². The molecule has 7 heteroatoms. The first-order valence-corrected chi connectivity index (χ1v) is 5.42. The highest BCUT2D eigenvalue weighted by Gasteiger charge is 2.15. The van der Waals surface area contributed by atoms with Gasteiger partial charge in [-0.15, -0.1) is 0 Å². The summed E-state index contributed by atoms with van der Waals surface area (Å²) in [6.45, 7) is 0. The maximum Gasteiger partial charge on any atom is 0.271 e. The number of halogens is 2. The summed E-state index contributed by atoms with van der Waals surface area (Å²) >= 11 is 9.21. The number of carbonyl (C=O) groups excluding carboxylic acids is 1. The van der Waals surface area contributed by atoms with Crippen LogP contribution >= 0.6 is 27.5 Å². The number of hydrogen-bond donors (Lipinski definition) is 2. The predicted octanol–water partition coefficient (Wildman–Crippen LogP) is 1.99. The Balaban J connectivity index is 2.54. The van der Waals surface area contributed by atoms with Crippen molar-refractivity contribution in [3.05, 3.63) is 33.4 Å². The molecule has 1 aromatic heterocycles. The van der Waals surface area contributed by atoms with E-state index >= 15 is 0 Å². The summed E-state index contributed by atoms with van der Waals surface area (Å²) in [4.78, 5) is 11.1. The van der Waals surface area contributed by atoms with Gasteiger partial charge in [-0.1, -0.05) is 17.7 Å². The first kappa shape index (κ1) is 11.1. The molecule has 2 rings (SSSR count). The van der Waals surface area contributed by atoms with Gasteiger partial charge in [-0.05, 0) is 28.1 Å². The van der Waals surface area contributed by atoms with Crippen molar-refractivity contribution in [2.24, 2.45) is 5.73 Å². The van der Waals surface area contributed by atoms with E-state index in [0.29, 0.717) is 16.3 Å². The molecule has 0 fully saturated rings. The van der Waals surface area contributed by atoms with E-state index in [1.807, 2.05) is 0 Å². The molecule has 1 aromatic carbocycles. The highest BCUT2D eigenvalue weighted by Crippen LogP contribution is 2.28. The van der Waals surface area contributed by atoms with Gasteiger partial charge in [0.2, 0.25) is 0 Å². The van der Waals surface area contributed by atoms with Crippen molar-refractivity contribution in [3.63, 3.8) is 0 Å². The average Bonchev–Trinajstić information content (AvgIpc) is 2.71. The number of nitrogens with one attached hydrogen (secondary N) is 1. The number of benzene rings is 1. The Morgan fingerprint density at radius 2 is 2.19 bits per heavy atom. The quantitative estimate of drug-likeness (QED) is 0.889. The minimum Gasteiger partial charge on any atom is -0.364 e. The SMILES string of the molecule is NC(=O)c1n[nH]nc1-c1ccc(Br)c(Cl)c1. The minimum atomic E-state index is -0.636. The fraction of sp³-hybridized carbons (Fsp3) is 0. The van der Waals surface area contributed by atoms with Gasteiger partial charge in [0.05, 0.1) is 5.02 Å². The van der Waals surface area contributed by atoms with Crippen LogP contribution in [0, 0.1) is 0 Å². The molecule has 2 aromatic rings. The molecule has 82 valence electrons. The van der Waals surface area contributed by atoms with Gasteiger partial charge in [0.15, 0.2) is 5.69 Å². The second kappa shape index (κ2) is 4.23. The van der Waals surface area contributed by atoms with Crippen LogP contribution in [0.5, 0.6) is 0 Å². The van der Waals surface area contributed by atoms with Crippen LogP contribution in [-0.2, 0) is 0 Å². The predicted molar refractivity (Wildman–Crippen MR) is 63.0 cm³/mol. The molecule has 1 heterocycles. The lowest BCUT2D eigenvalue weighted by Gasteiger charge is -2.00. The highest BCUT2D eigenvalue weighted by atomic mass is 79.9. The van der Waals surface area contributed by atoms with Crippen molar-refractivity contribution in [2.75, 3.05) is 0 Å². The van der Waals surface area contributed by atoms with Crippen molar-refractivity contribution >= 4 is 33.4 Å². The van der Waals surface area contributed by atoms with Crippen LogP contribution in [0.15, 0.2) is 22.7 Å². The van der Waals surface area contributed by atoms with Gasteiger partial charge < -0.3 is 5.73 Å². The number of primary amides is 1. The molecule has 1 amide bonds. The zero-order valence-electron chi connectivity index (χ0n) is 7.87. The average molecular weight is 302 g/mol. The van der Waals surface area contributed by atoms with Gasteiger partial charge in [0.1, 0.15) is 5.69 Å². The molecular weight excluding hydrogens is 295 g/mol. The Labute approximate surface area is 104 Å². The molecular formula is C9H6BrClN4O. The first-order valence-electron chi connectivity index (χ1n) is 4.25. The fourth-order valence-electron chi connectivity index (χ4n) is 1.25. The van der Waals surface area contributed by atoms with Crippen molar-refractivity contribution in [1.82, 2.24) is 15.4 Å². The third kappa shape index (κ3) is 1.94. The molecule has 0 atom stereocenters. The number of aromatic nitrogens is 3. The Kier molecular flexibility index (Phi) is 2.93. The number of nitrogens with two attached hydrogens (primary N) is 1. The number of carbonyl (C=O) groups is 1. The van der Waals surface area contributed by atoms with Crippen LogP contribution in [0.4, 0.5) is 0 Å². The standard InChI is InChI=1S/C9H6BrClN4O/c10-5-2-1-4(3-6(5)11)7-8(9(12)16)14-15-13-7/h1-3H,(H2,12,16)(H,13,14,15). The molecule has 0 spiro atoms. The Morgan fingerprint density at radius 1 is 1.44 bits per heavy atom. The molecule has 0 bridgehead atoms. The summed E-state index contributed by atoms with van der Waals surface area (Å²) in [6.07, 6.45) is 0. The third-order valence-corrected chi connectivity index (χ3v) is 3.21. The molecule has 0 aliphatic carbocycles. The molecule has 16 heavy (non-hydrogen) atoms. The molecule has 3 N–H and O–H groups in total. The summed E-state index contributed by atoms with van der Waals surface area (Å²) < 4.78 is 0.766. The zero-order valence-corrected chi connectivity index (χ0v) is 10.2. The van der Waals surface area contributed by atoms with E-state index < -0.39 is 5.91 Å². The summed E-state index contributed by atoms with van der Waals surface area (Å²) in [5.41, 5.74) is 6.32. The molecule has 0 aliphatic heterocycles. The summed E-state index contributed by atoms with van der Waals surface area (Å²) in [5.74, 6) is -0.636. The summed E-state index contributed by atoms with van der Waals surface area (Å²) in [6, 6.07) is 5.20. The zero-order chi connectivity index (χ0) is 11.7. The lowest BCUT2D eigenvalue weighted by molar-refractivity contribution is 0.0996. The van der Waals surface area contributed by atoms with Gasteiger partial charge in [-0.3, -0.25) is 4.79 Å². The third-order valence-electron chi connectivity index (χ3n) is 1.97. The number of H-pyrrole nitrogens is 1. The number of aromatic amines is 1. The van der Waals surface area contributed by atoms with Crippen molar-refractivity contribution in [3.8, 4) is 11.3 Å². The number of rotatable bonds is 2. The van der Waals surface area contributed by atoms with E-state index in [9.17, 15) is 4.79 Å². The first-order chi connectivity index (χ1) is 7.59. The van der Waals surface area contributed by atoms with E-state index in [1.165, 1.54) is 0 Å². The van der Waals surface area contributed by atoms with Crippen LogP contribution in [0.2, 0.25) is 5.02 Å². The molecule has 0 unspecified atom stereocenters. The van der Waals surface area contributed by atoms with E-state index in [4.69, 9.17) is 17.3 Å². The largest absolute Gasteiger partial charge is 0.364 e. The Bertz CT molecular complexity index is 554. The van der Waals surface area contributed by atoms with E-state index in [0.717, 1.165) is 4.47 Å². The maximum atomic E-state index is 11.1. The minimum absolute atomic E-state index is 0.0957. The van der Waals surface area contributed by atoms with Crippen LogP contribution in [0.1, 0.15) is 10.5 Å². The van der Waals surface area contributed by atoms with Crippen molar-refractivity contribution in [2.45, 2.75) is 0 Å². The van der Waals surface area contributed by atoms with Gasteiger partial charge >= 0.3 is 0 Å². The lowest BCUT2D eigenvalue weighted by Crippen LogP contribution is -2.12. The van der Waals surface area contributed by atoms with Crippen LogP contribution in [0.25, 0.3) is 11.3 Å². The van der Waals surface area contributed by atoms with Gasteiger partial charge in [0, 0.05) is 10.0 Å². The topological polar surface area (TPSA) is 84.7 Å². The molecule has 0 aliphatic rings. The Morgan fingerprint density at radius 3 is 2.81 bits per heavy atom. The van der Waals surface area contributed by atoms with Crippen molar-refractivity contribution < 1.29 is 4.79 Å². The summed E-state index contributed by atoms with van der Waals surface area (Å²) in [5, 5.41) is 10.4. The number of amides is 1. The van der Waals surface area contributed by atoms with Crippen LogP contribution in [-0.4, -0.2) is 21.3 Å². The normalized spacial score (nSPS) is 10.4. The van der Waals surface area contributed by atoms with Gasteiger partial charge in [-0.25, -0.2) is 0 Å². The monoisotopic (exact) mass is 300 g/mol. The van der Waals surface area contributed by atoms with E-state index in [2.05, 4.69) is 31.3 Å². The molecule has 0 saturated heterocycles. The fourth-order valence-corrected chi connectivity index (χ4v) is 1.67. The Hall–Kier alpha value is -1.40. The number of hydrogen-bond acceptors (Lipinski definition) is 3. The van der Waals surface area contributed by atoms with E-state index in [-0.39, 0.29) is 5.69 Å². The molecule has 0 saturated carbocycles. The second-order valence-corrected chi connectivity index (χ2v) is 4.28. The van der Waals surface area contributed by atoms with E-state index in [1.54, 1.807) is 18.2 Å². The van der Waals surface area contributed by atoms with Crippen LogP contribution < -0.4 is 5.73 Å². The second-order valence-electron chi connectivity index (χ2n) is 3.01. The lowest BCUT2D eigenvalue weighted by atomic mass is 10.1. The highest BCUT2D eigenvalue weighted by molar-refractivity contribution is 9.10. The smallest absolute Gasteiger partial charge is 0.271 e. The van der Waals surface area contributed by atoms with Crippen LogP contribution in [0.3, 0.4) is 0 Å².